The predicted molar refractivity (Wildman–Crippen MR) is 81.1 cm³/mol. The average Bonchev–Trinajstić information content (AvgIpc) is 2.30. The van der Waals surface area contributed by atoms with Crippen molar-refractivity contribution in [3.8, 4) is 0 Å². The maximum atomic E-state index is 12.6. The fraction of sp³-hybridized carbons (Fsp3) is 0.533. The van der Waals surface area contributed by atoms with E-state index in [2.05, 4.69) is 25.2 Å². The van der Waals surface area contributed by atoms with E-state index in [1.54, 1.807) is 0 Å². The number of hydrogen-bond donors (Lipinski definition) is 1. The van der Waals surface area contributed by atoms with Crippen molar-refractivity contribution in [2.45, 2.75) is 39.8 Å². The van der Waals surface area contributed by atoms with Crippen LogP contribution in [0.1, 0.15) is 35.3 Å². The van der Waals surface area contributed by atoms with Gasteiger partial charge in [-0.25, -0.2) is 0 Å². The third-order valence-corrected chi connectivity index (χ3v) is 3.47. The van der Waals surface area contributed by atoms with Gasteiger partial charge in [0.25, 0.3) is 5.91 Å². The SMILES string of the molecule is Cc1ccc(C)c(C(=O)N2CC(C)NC(C)C2)c1.Cl. The molecule has 1 N–H and O–H groups in total. The molecule has 1 aliphatic heterocycles. The molecule has 106 valence electrons. The number of nitrogens with one attached hydrogen (secondary N) is 1. The maximum absolute atomic E-state index is 12.6. The lowest BCUT2D eigenvalue weighted by Crippen LogP contribution is -2.55. The van der Waals surface area contributed by atoms with Gasteiger partial charge in [-0.2, -0.15) is 0 Å². The highest BCUT2D eigenvalue weighted by atomic mass is 35.5. The van der Waals surface area contributed by atoms with Crippen LogP contribution >= 0.6 is 12.4 Å². The molecule has 0 aliphatic carbocycles. The lowest BCUT2D eigenvalue weighted by molar-refractivity contribution is 0.0673. The van der Waals surface area contributed by atoms with Crippen molar-refractivity contribution in [1.82, 2.24) is 10.2 Å². The van der Waals surface area contributed by atoms with Crippen LogP contribution in [-0.2, 0) is 0 Å². The van der Waals surface area contributed by atoms with Gasteiger partial charge in [-0.1, -0.05) is 17.7 Å². The van der Waals surface area contributed by atoms with Crippen molar-refractivity contribution in [3.63, 3.8) is 0 Å². The van der Waals surface area contributed by atoms with Crippen LogP contribution in [0, 0.1) is 13.8 Å². The number of amides is 1. The molecule has 1 aliphatic rings. The summed E-state index contributed by atoms with van der Waals surface area (Å²) in [4.78, 5) is 14.5. The summed E-state index contributed by atoms with van der Waals surface area (Å²) in [5, 5.41) is 3.45. The number of nitrogens with zero attached hydrogens (tertiary/aromatic N) is 1. The molecule has 0 saturated carbocycles. The molecule has 1 saturated heterocycles. The van der Waals surface area contributed by atoms with Crippen molar-refractivity contribution >= 4 is 18.3 Å². The average molecular weight is 283 g/mol. The minimum Gasteiger partial charge on any atom is -0.336 e. The Labute approximate surface area is 121 Å². The molecule has 2 unspecified atom stereocenters. The Balaban J connectivity index is 0.00000180. The first-order chi connectivity index (χ1) is 8.47. The van der Waals surface area contributed by atoms with E-state index in [9.17, 15) is 4.79 Å². The molecule has 1 aromatic carbocycles. The molecule has 0 radical (unpaired) electrons. The standard InChI is InChI=1S/C15H22N2O.ClH/c1-10-5-6-11(2)14(7-10)15(18)17-8-12(3)16-13(4)9-17;/h5-7,12-13,16H,8-9H2,1-4H3;1H. The summed E-state index contributed by atoms with van der Waals surface area (Å²) in [7, 11) is 0. The number of benzene rings is 1. The van der Waals surface area contributed by atoms with E-state index in [0.29, 0.717) is 12.1 Å². The molecule has 2 atom stereocenters. The fourth-order valence-corrected chi connectivity index (χ4v) is 2.63. The minimum absolute atomic E-state index is 0. The van der Waals surface area contributed by atoms with Crippen LogP contribution in [0.2, 0.25) is 0 Å². The van der Waals surface area contributed by atoms with E-state index in [-0.39, 0.29) is 18.3 Å². The minimum atomic E-state index is 0. The first-order valence-electron chi connectivity index (χ1n) is 6.60. The highest BCUT2D eigenvalue weighted by Crippen LogP contribution is 2.15. The smallest absolute Gasteiger partial charge is 0.254 e. The quantitative estimate of drug-likeness (QED) is 0.859. The van der Waals surface area contributed by atoms with Crippen molar-refractivity contribution < 1.29 is 4.79 Å². The molecule has 1 amide bonds. The first kappa shape index (κ1) is 16.0. The van der Waals surface area contributed by atoms with Crippen molar-refractivity contribution in [2.24, 2.45) is 0 Å². The number of piperazine rings is 1. The van der Waals surface area contributed by atoms with Crippen LogP contribution in [0.3, 0.4) is 0 Å². The Morgan fingerprint density at radius 2 is 1.79 bits per heavy atom. The maximum Gasteiger partial charge on any atom is 0.254 e. The summed E-state index contributed by atoms with van der Waals surface area (Å²) in [6.07, 6.45) is 0. The first-order valence-corrected chi connectivity index (χ1v) is 6.60. The van der Waals surface area contributed by atoms with Gasteiger partial charge in [-0.15, -0.1) is 12.4 Å². The number of rotatable bonds is 1. The van der Waals surface area contributed by atoms with Crippen LogP contribution < -0.4 is 5.32 Å². The van der Waals surface area contributed by atoms with Gasteiger partial charge in [0.15, 0.2) is 0 Å². The summed E-state index contributed by atoms with van der Waals surface area (Å²) < 4.78 is 0. The second-order valence-corrected chi connectivity index (χ2v) is 5.50. The summed E-state index contributed by atoms with van der Waals surface area (Å²) in [5.74, 6) is 0.163. The lowest BCUT2D eigenvalue weighted by atomic mass is 10.0. The molecule has 4 heteroatoms. The predicted octanol–water partition coefficient (Wildman–Crippen LogP) is 2.55. The summed E-state index contributed by atoms with van der Waals surface area (Å²) >= 11 is 0. The monoisotopic (exact) mass is 282 g/mol. The van der Waals surface area contributed by atoms with E-state index in [1.165, 1.54) is 0 Å². The van der Waals surface area contributed by atoms with Crippen LogP contribution in [0.15, 0.2) is 18.2 Å². The lowest BCUT2D eigenvalue weighted by Gasteiger charge is -2.36. The second kappa shape index (κ2) is 6.40. The van der Waals surface area contributed by atoms with Gasteiger partial charge in [0.05, 0.1) is 0 Å². The van der Waals surface area contributed by atoms with Crippen molar-refractivity contribution in [3.05, 3.63) is 34.9 Å². The van der Waals surface area contributed by atoms with Gasteiger partial charge in [-0.05, 0) is 39.3 Å². The third-order valence-electron chi connectivity index (χ3n) is 3.47. The number of carbonyl (C=O) groups is 1. The van der Waals surface area contributed by atoms with Gasteiger partial charge >= 0.3 is 0 Å². The number of hydrogen-bond acceptors (Lipinski definition) is 2. The Morgan fingerprint density at radius 1 is 1.21 bits per heavy atom. The molecule has 1 fully saturated rings. The normalized spacial score (nSPS) is 22.8. The van der Waals surface area contributed by atoms with Crippen LogP contribution in [-0.4, -0.2) is 36.0 Å². The van der Waals surface area contributed by atoms with Crippen molar-refractivity contribution in [2.75, 3.05) is 13.1 Å². The molecule has 0 aromatic heterocycles. The van der Waals surface area contributed by atoms with Gasteiger partial charge < -0.3 is 10.2 Å². The molecule has 19 heavy (non-hydrogen) atoms. The van der Waals surface area contributed by atoms with Gasteiger partial charge in [-0.3, -0.25) is 4.79 Å². The summed E-state index contributed by atoms with van der Waals surface area (Å²) in [5.41, 5.74) is 3.04. The number of halogens is 1. The topological polar surface area (TPSA) is 32.3 Å². The largest absolute Gasteiger partial charge is 0.336 e. The van der Waals surface area contributed by atoms with Gasteiger partial charge in [0.2, 0.25) is 0 Å². The van der Waals surface area contributed by atoms with E-state index in [0.717, 1.165) is 29.8 Å². The van der Waals surface area contributed by atoms with E-state index >= 15 is 0 Å². The van der Waals surface area contributed by atoms with Gasteiger partial charge in [0, 0.05) is 30.7 Å². The summed E-state index contributed by atoms with van der Waals surface area (Å²) in [6, 6.07) is 6.80. The van der Waals surface area contributed by atoms with E-state index in [1.807, 2.05) is 30.9 Å². The Bertz CT molecular complexity index is 451. The number of carbonyl (C=O) groups excluding carboxylic acids is 1. The van der Waals surface area contributed by atoms with E-state index < -0.39 is 0 Å². The molecule has 0 bridgehead atoms. The molecule has 2 rings (SSSR count). The Hall–Kier alpha value is -1.06. The highest BCUT2D eigenvalue weighted by molar-refractivity contribution is 5.96. The zero-order valence-electron chi connectivity index (χ0n) is 12.1. The molecule has 1 heterocycles. The molecule has 3 nitrogen and oxygen atoms in total. The Morgan fingerprint density at radius 3 is 2.37 bits per heavy atom. The summed E-state index contributed by atoms with van der Waals surface area (Å²) in [6.45, 7) is 9.85. The molecular formula is C15H23ClN2O. The fourth-order valence-electron chi connectivity index (χ4n) is 2.63. The van der Waals surface area contributed by atoms with Crippen molar-refractivity contribution in [1.29, 1.82) is 0 Å². The zero-order valence-corrected chi connectivity index (χ0v) is 12.9. The molecule has 1 aromatic rings. The second-order valence-electron chi connectivity index (χ2n) is 5.50. The van der Waals surface area contributed by atoms with E-state index in [4.69, 9.17) is 0 Å². The highest BCUT2D eigenvalue weighted by Gasteiger charge is 2.26. The zero-order chi connectivity index (χ0) is 13.3. The molecular weight excluding hydrogens is 260 g/mol. The van der Waals surface area contributed by atoms with Crippen LogP contribution in [0.25, 0.3) is 0 Å². The van der Waals surface area contributed by atoms with Crippen LogP contribution in [0.5, 0.6) is 0 Å². The van der Waals surface area contributed by atoms with Gasteiger partial charge in [0.1, 0.15) is 0 Å². The molecule has 0 spiro atoms. The Kier molecular flexibility index (Phi) is 5.39. The number of aryl methyl sites for hydroxylation is 2. The third kappa shape index (κ3) is 3.71. The van der Waals surface area contributed by atoms with Crippen LogP contribution in [0.4, 0.5) is 0 Å².